The number of hydrogen-bond donors (Lipinski definition) is 0. The van der Waals surface area contributed by atoms with E-state index in [-0.39, 0.29) is 0 Å². The predicted octanol–water partition coefficient (Wildman–Crippen LogP) is 5.72. The number of benzene rings is 2. The normalized spacial score (nSPS) is 10.4. The Morgan fingerprint density at radius 3 is 2.56 bits per heavy atom. The van der Waals surface area contributed by atoms with Crippen LogP contribution in [0.5, 0.6) is 0 Å². The zero-order chi connectivity index (χ0) is 13.1. The fourth-order valence-electron chi connectivity index (χ4n) is 1.37. The number of halogens is 3. The third-order valence-corrected chi connectivity index (χ3v) is 4.78. The van der Waals surface area contributed by atoms with Gasteiger partial charge in [-0.15, -0.1) is 0 Å². The molecule has 0 aromatic heterocycles. The molecule has 0 bridgehead atoms. The quantitative estimate of drug-likeness (QED) is 0.650. The zero-order valence-electron chi connectivity index (χ0n) is 8.99. The molecule has 0 amide bonds. The van der Waals surface area contributed by atoms with E-state index in [0.29, 0.717) is 21.9 Å². The molecular weight excluding hydrogens is 355 g/mol. The van der Waals surface area contributed by atoms with Gasteiger partial charge in [0.25, 0.3) is 0 Å². The van der Waals surface area contributed by atoms with Gasteiger partial charge in [0.1, 0.15) is 0 Å². The van der Waals surface area contributed by atoms with Crippen LogP contribution in [0, 0.1) is 0 Å². The summed E-state index contributed by atoms with van der Waals surface area (Å²) in [6.45, 7) is 0. The number of carbonyl (C=O) groups is 1. The van der Waals surface area contributed by atoms with Gasteiger partial charge in [-0.3, -0.25) is 4.79 Å². The molecule has 0 saturated carbocycles. The molecule has 0 unspecified atom stereocenters. The topological polar surface area (TPSA) is 17.1 Å². The van der Waals surface area contributed by atoms with E-state index in [1.165, 1.54) is 11.8 Å². The first-order valence-corrected chi connectivity index (χ1v) is 7.35. The Balaban J connectivity index is 2.35. The third kappa shape index (κ3) is 3.09. The predicted molar refractivity (Wildman–Crippen MR) is 80.1 cm³/mol. The maximum Gasteiger partial charge on any atom is 0.151 e. The molecule has 0 aliphatic heterocycles. The van der Waals surface area contributed by atoms with E-state index < -0.39 is 0 Å². The van der Waals surface area contributed by atoms with Crippen LogP contribution >= 0.6 is 50.9 Å². The lowest BCUT2D eigenvalue weighted by atomic mass is 10.2. The van der Waals surface area contributed by atoms with E-state index in [1.54, 1.807) is 12.1 Å². The van der Waals surface area contributed by atoms with Crippen LogP contribution in [0.4, 0.5) is 0 Å². The van der Waals surface area contributed by atoms with Gasteiger partial charge in [-0.25, -0.2) is 0 Å². The average Bonchev–Trinajstić information content (AvgIpc) is 2.35. The monoisotopic (exact) mass is 360 g/mol. The molecule has 2 aromatic rings. The Morgan fingerprint density at radius 1 is 1.11 bits per heavy atom. The fourth-order valence-corrected chi connectivity index (χ4v) is 3.39. The highest BCUT2D eigenvalue weighted by Crippen LogP contribution is 2.38. The molecule has 2 rings (SSSR count). The first-order chi connectivity index (χ1) is 8.61. The average molecular weight is 362 g/mol. The van der Waals surface area contributed by atoms with Crippen LogP contribution in [0.1, 0.15) is 10.4 Å². The van der Waals surface area contributed by atoms with Gasteiger partial charge in [0.2, 0.25) is 0 Å². The van der Waals surface area contributed by atoms with Crippen LogP contribution in [0.3, 0.4) is 0 Å². The van der Waals surface area contributed by atoms with Crippen molar-refractivity contribution < 1.29 is 4.79 Å². The summed E-state index contributed by atoms with van der Waals surface area (Å²) in [7, 11) is 0. The van der Waals surface area contributed by atoms with Crippen molar-refractivity contribution in [3.05, 3.63) is 56.5 Å². The van der Waals surface area contributed by atoms with Crippen molar-refractivity contribution in [1.29, 1.82) is 0 Å². The minimum absolute atomic E-state index is 0.298. The fraction of sp³-hybridized carbons (Fsp3) is 0. The molecule has 2 aromatic carbocycles. The van der Waals surface area contributed by atoms with Crippen molar-refractivity contribution in [2.24, 2.45) is 0 Å². The van der Waals surface area contributed by atoms with Gasteiger partial charge in [0.05, 0.1) is 10.0 Å². The van der Waals surface area contributed by atoms with Crippen molar-refractivity contribution >= 4 is 57.2 Å². The van der Waals surface area contributed by atoms with Crippen LogP contribution in [0.25, 0.3) is 0 Å². The summed E-state index contributed by atoms with van der Waals surface area (Å²) in [5.74, 6) is 0. The van der Waals surface area contributed by atoms with Gasteiger partial charge in [0.15, 0.2) is 6.29 Å². The lowest BCUT2D eigenvalue weighted by Crippen LogP contribution is -1.85. The van der Waals surface area contributed by atoms with Gasteiger partial charge in [-0.05, 0) is 30.3 Å². The van der Waals surface area contributed by atoms with E-state index in [2.05, 4.69) is 15.9 Å². The molecule has 0 aliphatic carbocycles. The number of hydrogen-bond acceptors (Lipinski definition) is 2. The molecule has 0 radical (unpaired) electrons. The number of carbonyl (C=O) groups excluding carboxylic acids is 1. The van der Waals surface area contributed by atoms with Crippen LogP contribution in [0.2, 0.25) is 10.0 Å². The minimum Gasteiger partial charge on any atom is -0.298 e. The Morgan fingerprint density at radius 2 is 1.89 bits per heavy atom. The molecule has 0 N–H and O–H groups in total. The SMILES string of the molecule is O=Cc1ccc(Sc2cccc(Br)c2)c(Cl)c1Cl. The molecule has 0 heterocycles. The highest BCUT2D eigenvalue weighted by molar-refractivity contribution is 9.10. The Hall–Kier alpha value is -0.480. The van der Waals surface area contributed by atoms with E-state index in [1.807, 2.05) is 24.3 Å². The van der Waals surface area contributed by atoms with E-state index in [4.69, 9.17) is 23.2 Å². The molecule has 0 saturated heterocycles. The smallest absolute Gasteiger partial charge is 0.151 e. The molecule has 5 heteroatoms. The van der Waals surface area contributed by atoms with Crippen LogP contribution in [-0.2, 0) is 0 Å². The summed E-state index contributed by atoms with van der Waals surface area (Å²) >= 11 is 17.1. The maximum atomic E-state index is 10.7. The lowest BCUT2D eigenvalue weighted by Gasteiger charge is -2.07. The highest BCUT2D eigenvalue weighted by Gasteiger charge is 2.10. The van der Waals surface area contributed by atoms with Crippen LogP contribution < -0.4 is 0 Å². The summed E-state index contributed by atoms with van der Waals surface area (Å²) < 4.78 is 0.999. The van der Waals surface area contributed by atoms with E-state index >= 15 is 0 Å². The van der Waals surface area contributed by atoms with E-state index in [9.17, 15) is 4.79 Å². The standard InChI is InChI=1S/C13H7BrCl2OS/c14-9-2-1-3-10(6-9)18-11-5-4-8(7-17)12(15)13(11)16/h1-7H. The Labute approximate surface area is 128 Å². The van der Waals surface area contributed by atoms with Gasteiger partial charge in [0, 0.05) is 19.8 Å². The first-order valence-electron chi connectivity index (χ1n) is 4.98. The van der Waals surface area contributed by atoms with Gasteiger partial charge < -0.3 is 0 Å². The van der Waals surface area contributed by atoms with Crippen LogP contribution in [0.15, 0.2) is 50.7 Å². The summed E-state index contributed by atoms with van der Waals surface area (Å²) in [6, 6.07) is 11.3. The third-order valence-electron chi connectivity index (χ3n) is 2.23. The second-order valence-corrected chi connectivity index (χ2v) is 6.25. The maximum absolute atomic E-state index is 10.7. The molecular formula is C13H7BrCl2OS. The summed E-state index contributed by atoms with van der Waals surface area (Å²) in [4.78, 5) is 12.6. The van der Waals surface area contributed by atoms with Crippen molar-refractivity contribution in [2.45, 2.75) is 9.79 Å². The molecule has 1 nitrogen and oxygen atoms in total. The second kappa shape index (κ2) is 6.11. The minimum atomic E-state index is 0.298. The van der Waals surface area contributed by atoms with Gasteiger partial charge in [-0.1, -0.05) is 57.0 Å². The van der Waals surface area contributed by atoms with Crippen molar-refractivity contribution in [2.75, 3.05) is 0 Å². The highest BCUT2D eigenvalue weighted by atomic mass is 79.9. The number of aldehydes is 1. The first kappa shape index (κ1) is 13.9. The molecule has 0 atom stereocenters. The second-order valence-electron chi connectivity index (χ2n) is 3.46. The zero-order valence-corrected chi connectivity index (χ0v) is 12.9. The summed E-state index contributed by atoms with van der Waals surface area (Å²) in [6.07, 6.45) is 0.696. The Kier molecular flexibility index (Phi) is 4.73. The molecule has 92 valence electrons. The van der Waals surface area contributed by atoms with Crippen molar-refractivity contribution in [3.8, 4) is 0 Å². The molecule has 0 spiro atoms. The molecule has 18 heavy (non-hydrogen) atoms. The van der Waals surface area contributed by atoms with Gasteiger partial charge >= 0.3 is 0 Å². The van der Waals surface area contributed by atoms with Crippen molar-refractivity contribution in [3.63, 3.8) is 0 Å². The van der Waals surface area contributed by atoms with E-state index in [0.717, 1.165) is 14.3 Å². The van der Waals surface area contributed by atoms with Gasteiger partial charge in [-0.2, -0.15) is 0 Å². The summed E-state index contributed by atoms with van der Waals surface area (Å²) in [5.41, 5.74) is 0.403. The van der Waals surface area contributed by atoms with Crippen molar-refractivity contribution in [1.82, 2.24) is 0 Å². The summed E-state index contributed by atoms with van der Waals surface area (Å²) in [5, 5.41) is 0.706. The Bertz CT molecular complexity index is 602. The van der Waals surface area contributed by atoms with Crippen LogP contribution in [-0.4, -0.2) is 6.29 Å². The largest absolute Gasteiger partial charge is 0.298 e. The molecule has 0 fully saturated rings. The molecule has 0 aliphatic rings. The number of rotatable bonds is 3. The lowest BCUT2D eigenvalue weighted by molar-refractivity contribution is 0.112.